The fraction of sp³-hybridized carbons (Fsp3) is 0.545. The standard InChI is InChI=1S/C22H30N4O2/c1-24-9-4-10-25(12-11-24)16-22(28)26-14-18(21(27)15-26)13-17-7-8-23-20-6-3-2-5-19(17)20/h2-3,5-8,18,21,27H,4,9-16H2,1H3/t18-,21-/m1/s1. The highest BCUT2D eigenvalue weighted by Crippen LogP contribution is 2.25. The number of pyridine rings is 1. The lowest BCUT2D eigenvalue weighted by molar-refractivity contribution is -0.131. The van der Waals surface area contributed by atoms with E-state index in [0.29, 0.717) is 19.6 Å². The largest absolute Gasteiger partial charge is 0.391 e. The number of para-hydroxylation sites is 1. The Morgan fingerprint density at radius 3 is 2.89 bits per heavy atom. The van der Waals surface area contributed by atoms with Crippen molar-refractivity contribution in [1.82, 2.24) is 19.7 Å². The quantitative estimate of drug-likeness (QED) is 0.862. The molecule has 28 heavy (non-hydrogen) atoms. The SMILES string of the molecule is CN1CCCN(CC(=O)N2C[C@@H](Cc3ccnc4ccccc34)[C@H](O)C2)CC1. The van der Waals surface area contributed by atoms with E-state index in [1.165, 1.54) is 5.56 Å². The third-order valence-corrected chi connectivity index (χ3v) is 6.15. The molecule has 1 aromatic carbocycles. The van der Waals surface area contributed by atoms with Crippen LogP contribution in [0.4, 0.5) is 0 Å². The third kappa shape index (κ3) is 4.35. The number of nitrogens with zero attached hydrogens (tertiary/aromatic N) is 4. The van der Waals surface area contributed by atoms with E-state index in [2.05, 4.69) is 27.9 Å². The molecule has 6 nitrogen and oxygen atoms in total. The molecule has 2 atom stereocenters. The summed E-state index contributed by atoms with van der Waals surface area (Å²) in [5.74, 6) is 0.218. The number of aromatic nitrogens is 1. The van der Waals surface area contributed by atoms with Crippen LogP contribution < -0.4 is 0 Å². The molecule has 0 bridgehead atoms. The monoisotopic (exact) mass is 382 g/mol. The summed E-state index contributed by atoms with van der Waals surface area (Å²) in [7, 11) is 2.13. The number of carbonyl (C=O) groups is 1. The third-order valence-electron chi connectivity index (χ3n) is 6.15. The zero-order chi connectivity index (χ0) is 19.5. The molecule has 2 aromatic rings. The molecule has 0 saturated carbocycles. The number of likely N-dealkylation sites (tertiary alicyclic amines) is 1. The number of aliphatic hydroxyl groups is 1. The first kappa shape index (κ1) is 19.3. The van der Waals surface area contributed by atoms with Gasteiger partial charge < -0.3 is 14.9 Å². The minimum absolute atomic E-state index is 0.0741. The van der Waals surface area contributed by atoms with Crippen molar-refractivity contribution < 1.29 is 9.90 Å². The van der Waals surface area contributed by atoms with Gasteiger partial charge in [0.15, 0.2) is 0 Å². The molecule has 6 heteroatoms. The van der Waals surface area contributed by atoms with Gasteiger partial charge in [-0.25, -0.2) is 0 Å². The van der Waals surface area contributed by atoms with Gasteiger partial charge in [0.25, 0.3) is 0 Å². The lowest BCUT2D eigenvalue weighted by Crippen LogP contribution is -2.41. The van der Waals surface area contributed by atoms with Crippen LogP contribution in [0, 0.1) is 5.92 Å². The van der Waals surface area contributed by atoms with Crippen LogP contribution in [0.1, 0.15) is 12.0 Å². The molecule has 0 unspecified atom stereocenters. The van der Waals surface area contributed by atoms with Crippen LogP contribution in [0.5, 0.6) is 0 Å². The molecule has 0 aliphatic carbocycles. The van der Waals surface area contributed by atoms with E-state index < -0.39 is 6.10 Å². The van der Waals surface area contributed by atoms with Crippen LogP contribution in [0.15, 0.2) is 36.5 Å². The van der Waals surface area contributed by atoms with Crippen molar-refractivity contribution in [2.45, 2.75) is 18.9 Å². The smallest absolute Gasteiger partial charge is 0.236 e. The van der Waals surface area contributed by atoms with E-state index in [1.807, 2.05) is 35.4 Å². The Bertz CT molecular complexity index is 822. The maximum atomic E-state index is 12.8. The number of carbonyl (C=O) groups excluding carboxylic acids is 1. The Balaban J connectivity index is 1.38. The van der Waals surface area contributed by atoms with Crippen LogP contribution in [0.3, 0.4) is 0 Å². The summed E-state index contributed by atoms with van der Waals surface area (Å²) in [5.41, 5.74) is 2.17. The van der Waals surface area contributed by atoms with E-state index in [-0.39, 0.29) is 11.8 Å². The van der Waals surface area contributed by atoms with Gasteiger partial charge in [0.2, 0.25) is 5.91 Å². The predicted octanol–water partition coefficient (Wildman–Crippen LogP) is 1.23. The van der Waals surface area contributed by atoms with Crippen molar-refractivity contribution in [2.75, 3.05) is 52.9 Å². The lowest BCUT2D eigenvalue weighted by atomic mass is 9.94. The number of fused-ring (bicyclic) bond motifs is 1. The van der Waals surface area contributed by atoms with Gasteiger partial charge in [-0.3, -0.25) is 14.7 Å². The lowest BCUT2D eigenvalue weighted by Gasteiger charge is -2.23. The average Bonchev–Trinajstić information content (AvgIpc) is 2.94. The number of likely N-dealkylation sites (N-methyl/N-ethyl adjacent to an activating group) is 1. The molecule has 1 N–H and O–H groups in total. The van der Waals surface area contributed by atoms with E-state index in [0.717, 1.165) is 49.9 Å². The molecule has 150 valence electrons. The first-order chi connectivity index (χ1) is 13.6. The predicted molar refractivity (Wildman–Crippen MR) is 110 cm³/mol. The topological polar surface area (TPSA) is 59.9 Å². The second-order valence-corrected chi connectivity index (χ2v) is 8.25. The van der Waals surface area contributed by atoms with Crippen molar-refractivity contribution in [3.63, 3.8) is 0 Å². The van der Waals surface area contributed by atoms with Gasteiger partial charge in [0.05, 0.1) is 18.2 Å². The number of rotatable bonds is 4. The summed E-state index contributed by atoms with van der Waals surface area (Å²) in [5, 5.41) is 11.7. The Kier molecular flexibility index (Phi) is 5.90. The Morgan fingerprint density at radius 2 is 2.00 bits per heavy atom. The molecule has 2 aliphatic heterocycles. The van der Waals surface area contributed by atoms with E-state index >= 15 is 0 Å². The second kappa shape index (κ2) is 8.55. The maximum Gasteiger partial charge on any atom is 0.236 e. The maximum absolute atomic E-state index is 12.8. The Hall–Kier alpha value is -2.02. The summed E-state index contributed by atoms with van der Waals surface area (Å²) < 4.78 is 0. The van der Waals surface area contributed by atoms with Crippen molar-refractivity contribution in [2.24, 2.45) is 5.92 Å². The molecule has 0 radical (unpaired) electrons. The molecule has 1 aromatic heterocycles. The minimum Gasteiger partial charge on any atom is -0.391 e. The highest BCUT2D eigenvalue weighted by Gasteiger charge is 2.34. The molecule has 3 heterocycles. The van der Waals surface area contributed by atoms with Gasteiger partial charge in [-0.2, -0.15) is 0 Å². The van der Waals surface area contributed by atoms with Crippen LogP contribution >= 0.6 is 0 Å². The summed E-state index contributed by atoms with van der Waals surface area (Å²) in [6.07, 6.45) is 3.23. The number of amides is 1. The van der Waals surface area contributed by atoms with Gasteiger partial charge in [-0.15, -0.1) is 0 Å². The highest BCUT2D eigenvalue weighted by molar-refractivity contribution is 5.82. The average molecular weight is 383 g/mol. The second-order valence-electron chi connectivity index (χ2n) is 8.25. The number of hydrogen-bond acceptors (Lipinski definition) is 5. The van der Waals surface area contributed by atoms with E-state index in [9.17, 15) is 9.90 Å². The normalized spacial score (nSPS) is 24.6. The molecular formula is C22H30N4O2. The molecule has 2 saturated heterocycles. The summed E-state index contributed by atoms with van der Waals surface area (Å²) >= 11 is 0. The van der Waals surface area contributed by atoms with Gasteiger partial charge >= 0.3 is 0 Å². The number of hydrogen-bond donors (Lipinski definition) is 1. The molecule has 2 fully saturated rings. The van der Waals surface area contributed by atoms with Gasteiger partial charge in [0.1, 0.15) is 0 Å². The van der Waals surface area contributed by atoms with Gasteiger partial charge in [0, 0.05) is 43.7 Å². The molecule has 0 spiro atoms. The van der Waals surface area contributed by atoms with Crippen LogP contribution in [0.2, 0.25) is 0 Å². The van der Waals surface area contributed by atoms with Crippen LogP contribution in [-0.2, 0) is 11.2 Å². The summed E-state index contributed by atoms with van der Waals surface area (Å²) in [6, 6.07) is 10.1. The van der Waals surface area contributed by atoms with Crippen LogP contribution in [-0.4, -0.2) is 89.7 Å². The number of benzene rings is 1. The molecule has 4 rings (SSSR count). The summed E-state index contributed by atoms with van der Waals surface area (Å²) in [4.78, 5) is 23.7. The number of β-amino-alcohol motifs (C(OH)–C–C–N with tert-alkyl or cyclic N) is 1. The van der Waals surface area contributed by atoms with Gasteiger partial charge in [-0.1, -0.05) is 18.2 Å². The first-order valence-electron chi connectivity index (χ1n) is 10.3. The highest BCUT2D eigenvalue weighted by atomic mass is 16.3. The Morgan fingerprint density at radius 1 is 1.14 bits per heavy atom. The molecule has 2 aliphatic rings. The minimum atomic E-state index is -0.467. The number of aliphatic hydroxyl groups excluding tert-OH is 1. The van der Waals surface area contributed by atoms with E-state index in [1.54, 1.807) is 0 Å². The zero-order valence-corrected chi connectivity index (χ0v) is 16.6. The van der Waals surface area contributed by atoms with Gasteiger partial charge in [-0.05, 0) is 50.7 Å². The first-order valence-corrected chi connectivity index (χ1v) is 10.3. The molecule has 1 amide bonds. The van der Waals surface area contributed by atoms with Crippen molar-refractivity contribution >= 4 is 16.8 Å². The fourth-order valence-corrected chi connectivity index (χ4v) is 4.42. The van der Waals surface area contributed by atoms with Crippen molar-refractivity contribution in [3.8, 4) is 0 Å². The fourth-order valence-electron chi connectivity index (χ4n) is 4.42. The molecular weight excluding hydrogens is 352 g/mol. The zero-order valence-electron chi connectivity index (χ0n) is 16.6. The summed E-state index contributed by atoms with van der Waals surface area (Å²) in [6.45, 7) is 5.54. The van der Waals surface area contributed by atoms with Crippen molar-refractivity contribution in [3.05, 3.63) is 42.1 Å². The van der Waals surface area contributed by atoms with Crippen LogP contribution in [0.25, 0.3) is 10.9 Å². The van der Waals surface area contributed by atoms with Crippen molar-refractivity contribution in [1.29, 1.82) is 0 Å². The van der Waals surface area contributed by atoms with E-state index in [4.69, 9.17) is 0 Å². The Labute approximate surface area is 166 Å².